The Bertz CT molecular complexity index is 456. The summed E-state index contributed by atoms with van der Waals surface area (Å²) in [5.41, 5.74) is 1.74. The van der Waals surface area contributed by atoms with Crippen LogP contribution < -0.4 is 5.32 Å². The highest BCUT2D eigenvalue weighted by molar-refractivity contribution is 5.85. The minimum atomic E-state index is -0.00278. The molecule has 0 unspecified atom stereocenters. The molecule has 0 radical (unpaired) electrons. The molecule has 0 aromatic heterocycles. The average Bonchev–Trinajstić information content (AvgIpc) is 2.41. The Labute approximate surface area is 132 Å². The van der Waals surface area contributed by atoms with Gasteiger partial charge in [0.25, 0.3) is 0 Å². The molecule has 0 saturated carbocycles. The summed E-state index contributed by atoms with van der Waals surface area (Å²) in [6, 6.07) is 7.99. The minimum Gasteiger partial charge on any atom is -0.507 e. The van der Waals surface area contributed by atoms with Crippen LogP contribution in [0.2, 0.25) is 0 Å². The predicted octanol–water partition coefficient (Wildman–Crippen LogP) is 2.40. The summed E-state index contributed by atoms with van der Waals surface area (Å²) in [4.78, 5) is 2.27. The molecule has 0 aliphatic carbocycles. The van der Waals surface area contributed by atoms with Crippen molar-refractivity contribution in [1.82, 2.24) is 10.2 Å². The second-order valence-electron chi connectivity index (χ2n) is 4.68. The zero-order valence-corrected chi connectivity index (χ0v) is 13.1. The van der Waals surface area contributed by atoms with E-state index in [9.17, 15) is 5.11 Å². The van der Waals surface area contributed by atoms with E-state index in [1.807, 2.05) is 25.1 Å². The summed E-state index contributed by atoms with van der Waals surface area (Å²) in [7, 11) is 0. The van der Waals surface area contributed by atoms with Gasteiger partial charge in [0, 0.05) is 31.7 Å². The van der Waals surface area contributed by atoms with Gasteiger partial charge in [-0.2, -0.15) is 5.26 Å². The van der Waals surface area contributed by atoms with Gasteiger partial charge in [-0.25, -0.2) is 0 Å². The van der Waals surface area contributed by atoms with Gasteiger partial charge in [-0.15, -0.1) is 24.8 Å². The predicted molar refractivity (Wildman–Crippen MR) is 84.8 cm³/mol. The summed E-state index contributed by atoms with van der Waals surface area (Å²) in [6.07, 6.45) is 0.414. The van der Waals surface area contributed by atoms with Crippen molar-refractivity contribution in [2.45, 2.75) is 19.4 Å². The van der Waals surface area contributed by atoms with Crippen LogP contribution in [0.3, 0.4) is 0 Å². The second-order valence-corrected chi connectivity index (χ2v) is 4.68. The van der Waals surface area contributed by atoms with E-state index in [1.54, 1.807) is 0 Å². The normalized spacial score (nSPS) is 16.4. The summed E-state index contributed by atoms with van der Waals surface area (Å²) in [6.45, 7) is 5.60. The van der Waals surface area contributed by atoms with Crippen LogP contribution in [0.4, 0.5) is 0 Å². The molecule has 4 nitrogen and oxygen atoms in total. The number of phenolic OH excluding ortho intramolecular Hbond substituents is 1. The Morgan fingerprint density at radius 1 is 1.35 bits per heavy atom. The number of rotatable bonds is 3. The standard InChI is InChI=1S/C14H19N3O.2ClH/c1-11-3-2-4-12(14(11)18)13(5-6-15)17-9-7-16-8-10-17;;/h2-4,13,16,18H,5,7-10H2,1H3;2*1H/t13-;;/m1../s1. The molecule has 1 aliphatic rings. The number of aryl methyl sites for hydroxylation is 1. The molecule has 2 N–H and O–H groups in total. The molecule has 1 atom stereocenters. The van der Waals surface area contributed by atoms with E-state index in [2.05, 4.69) is 16.3 Å². The summed E-state index contributed by atoms with van der Waals surface area (Å²) < 4.78 is 0. The van der Waals surface area contributed by atoms with E-state index in [1.165, 1.54) is 0 Å². The molecular weight excluding hydrogens is 297 g/mol. The Balaban J connectivity index is 0.00000180. The zero-order valence-electron chi connectivity index (χ0n) is 11.5. The smallest absolute Gasteiger partial charge is 0.123 e. The van der Waals surface area contributed by atoms with Crippen LogP contribution in [-0.4, -0.2) is 36.2 Å². The quantitative estimate of drug-likeness (QED) is 0.898. The second kappa shape index (κ2) is 9.04. The van der Waals surface area contributed by atoms with Crippen LogP contribution in [-0.2, 0) is 0 Å². The van der Waals surface area contributed by atoms with Crippen molar-refractivity contribution in [3.63, 3.8) is 0 Å². The number of nitriles is 1. The molecule has 1 heterocycles. The van der Waals surface area contributed by atoms with E-state index in [0.29, 0.717) is 12.2 Å². The van der Waals surface area contributed by atoms with E-state index < -0.39 is 0 Å². The van der Waals surface area contributed by atoms with Gasteiger partial charge >= 0.3 is 0 Å². The first-order valence-corrected chi connectivity index (χ1v) is 6.34. The Morgan fingerprint density at radius 2 is 2.00 bits per heavy atom. The number of para-hydroxylation sites is 1. The number of phenols is 1. The maximum Gasteiger partial charge on any atom is 0.123 e. The third-order valence-corrected chi connectivity index (χ3v) is 3.50. The van der Waals surface area contributed by atoms with Crippen molar-refractivity contribution in [3.8, 4) is 11.8 Å². The monoisotopic (exact) mass is 317 g/mol. The molecule has 1 aromatic carbocycles. The average molecular weight is 318 g/mol. The number of hydrogen-bond acceptors (Lipinski definition) is 4. The number of benzene rings is 1. The molecule has 20 heavy (non-hydrogen) atoms. The molecule has 1 saturated heterocycles. The first-order valence-electron chi connectivity index (χ1n) is 6.34. The fraction of sp³-hybridized carbons (Fsp3) is 0.500. The van der Waals surface area contributed by atoms with Crippen LogP contribution in [0.1, 0.15) is 23.6 Å². The number of piperazine rings is 1. The maximum absolute atomic E-state index is 10.2. The van der Waals surface area contributed by atoms with Crippen molar-refractivity contribution >= 4 is 24.8 Å². The van der Waals surface area contributed by atoms with Crippen molar-refractivity contribution < 1.29 is 5.11 Å². The number of aromatic hydroxyl groups is 1. The lowest BCUT2D eigenvalue weighted by atomic mass is 9.98. The highest BCUT2D eigenvalue weighted by Gasteiger charge is 2.24. The van der Waals surface area contributed by atoms with E-state index in [4.69, 9.17) is 5.26 Å². The van der Waals surface area contributed by atoms with E-state index >= 15 is 0 Å². The largest absolute Gasteiger partial charge is 0.507 e. The molecule has 0 amide bonds. The van der Waals surface area contributed by atoms with Gasteiger partial charge in [0.2, 0.25) is 0 Å². The van der Waals surface area contributed by atoms with Crippen molar-refractivity contribution in [2.75, 3.05) is 26.2 Å². The Morgan fingerprint density at radius 3 is 2.60 bits per heavy atom. The van der Waals surface area contributed by atoms with Crippen LogP contribution in [0.5, 0.6) is 5.75 Å². The first-order chi connectivity index (χ1) is 8.74. The molecule has 6 heteroatoms. The molecule has 1 aliphatic heterocycles. The lowest BCUT2D eigenvalue weighted by Gasteiger charge is -2.34. The molecule has 0 bridgehead atoms. The highest BCUT2D eigenvalue weighted by atomic mass is 35.5. The molecule has 112 valence electrons. The third kappa shape index (κ3) is 4.26. The topological polar surface area (TPSA) is 59.3 Å². The first kappa shape index (κ1) is 19.0. The van der Waals surface area contributed by atoms with Gasteiger partial charge in [-0.1, -0.05) is 18.2 Å². The van der Waals surface area contributed by atoms with Crippen LogP contribution in [0, 0.1) is 18.3 Å². The van der Waals surface area contributed by atoms with Gasteiger partial charge < -0.3 is 10.4 Å². The van der Waals surface area contributed by atoms with Gasteiger partial charge in [0.05, 0.1) is 18.5 Å². The number of hydrogen-bond donors (Lipinski definition) is 2. The van der Waals surface area contributed by atoms with E-state index in [-0.39, 0.29) is 30.9 Å². The fourth-order valence-electron chi connectivity index (χ4n) is 2.47. The zero-order chi connectivity index (χ0) is 13.0. The highest BCUT2D eigenvalue weighted by Crippen LogP contribution is 2.33. The lowest BCUT2D eigenvalue weighted by Crippen LogP contribution is -2.45. The Hall–Kier alpha value is -0.990. The van der Waals surface area contributed by atoms with Crippen LogP contribution in [0.15, 0.2) is 18.2 Å². The van der Waals surface area contributed by atoms with E-state index in [0.717, 1.165) is 37.3 Å². The number of halogens is 2. The summed E-state index contributed by atoms with van der Waals surface area (Å²) in [5.74, 6) is 0.330. The summed E-state index contributed by atoms with van der Waals surface area (Å²) in [5, 5.41) is 22.5. The fourth-order valence-corrected chi connectivity index (χ4v) is 2.47. The van der Waals surface area contributed by atoms with Crippen molar-refractivity contribution in [1.29, 1.82) is 5.26 Å². The third-order valence-electron chi connectivity index (χ3n) is 3.50. The van der Waals surface area contributed by atoms with Gasteiger partial charge in [-0.3, -0.25) is 4.90 Å². The van der Waals surface area contributed by atoms with Gasteiger partial charge in [0.1, 0.15) is 5.75 Å². The van der Waals surface area contributed by atoms with Crippen molar-refractivity contribution in [2.24, 2.45) is 0 Å². The molecule has 1 fully saturated rings. The Kier molecular flexibility index (Phi) is 8.59. The SMILES string of the molecule is Cc1cccc([C@@H](CC#N)N2CCNCC2)c1O.Cl.Cl. The molecule has 0 spiro atoms. The lowest BCUT2D eigenvalue weighted by molar-refractivity contribution is 0.173. The molecule has 2 rings (SSSR count). The summed E-state index contributed by atoms with van der Waals surface area (Å²) >= 11 is 0. The molecule has 1 aromatic rings. The van der Waals surface area contributed by atoms with Crippen LogP contribution in [0.25, 0.3) is 0 Å². The number of nitrogens with one attached hydrogen (secondary N) is 1. The van der Waals surface area contributed by atoms with Crippen LogP contribution >= 0.6 is 24.8 Å². The van der Waals surface area contributed by atoms with Crippen molar-refractivity contribution in [3.05, 3.63) is 29.3 Å². The van der Waals surface area contributed by atoms with Gasteiger partial charge in [0.15, 0.2) is 0 Å². The van der Waals surface area contributed by atoms with Gasteiger partial charge in [-0.05, 0) is 12.5 Å². The maximum atomic E-state index is 10.2. The number of nitrogens with zero attached hydrogens (tertiary/aromatic N) is 2. The minimum absolute atomic E-state index is 0. The molecular formula is C14H21Cl2N3O.